The molecule has 2 heteroatoms. The van der Waals surface area contributed by atoms with Gasteiger partial charge in [0.05, 0.1) is 6.10 Å². The van der Waals surface area contributed by atoms with Crippen LogP contribution in [-0.4, -0.2) is 22.9 Å². The molecule has 2 atom stereocenters. The summed E-state index contributed by atoms with van der Waals surface area (Å²) in [5.41, 5.74) is 2.68. The molecule has 0 saturated carbocycles. The van der Waals surface area contributed by atoms with E-state index in [2.05, 4.69) is 30.3 Å². The highest BCUT2D eigenvalue weighted by atomic mass is 16.3. The molecular formula is C18H26O2. The monoisotopic (exact) mass is 274 g/mol. The first-order valence-corrected chi connectivity index (χ1v) is 7.83. The molecule has 1 aromatic rings. The van der Waals surface area contributed by atoms with Gasteiger partial charge in [0.15, 0.2) is 0 Å². The molecule has 0 spiro atoms. The van der Waals surface area contributed by atoms with Crippen molar-refractivity contribution in [2.24, 2.45) is 5.92 Å². The van der Waals surface area contributed by atoms with Crippen LogP contribution in [0.5, 0.6) is 0 Å². The SMILES string of the molecule is OCC1CCC(O)C=C1CCCCCc1ccccc1. The van der Waals surface area contributed by atoms with E-state index in [0.717, 1.165) is 32.1 Å². The van der Waals surface area contributed by atoms with Gasteiger partial charge in [0.2, 0.25) is 0 Å². The highest BCUT2D eigenvalue weighted by Gasteiger charge is 2.20. The van der Waals surface area contributed by atoms with Gasteiger partial charge in [0.1, 0.15) is 0 Å². The van der Waals surface area contributed by atoms with Crippen LogP contribution in [0, 0.1) is 5.92 Å². The van der Waals surface area contributed by atoms with Crippen LogP contribution in [0.2, 0.25) is 0 Å². The van der Waals surface area contributed by atoms with Gasteiger partial charge in [-0.3, -0.25) is 0 Å². The molecule has 1 aliphatic carbocycles. The minimum absolute atomic E-state index is 0.225. The van der Waals surface area contributed by atoms with Gasteiger partial charge in [0, 0.05) is 12.5 Å². The lowest BCUT2D eigenvalue weighted by atomic mass is 9.84. The van der Waals surface area contributed by atoms with Crippen molar-refractivity contribution >= 4 is 0 Å². The van der Waals surface area contributed by atoms with Crippen molar-refractivity contribution in [3.05, 3.63) is 47.5 Å². The Labute approximate surface area is 122 Å². The van der Waals surface area contributed by atoms with E-state index >= 15 is 0 Å². The van der Waals surface area contributed by atoms with Crippen molar-refractivity contribution in [1.29, 1.82) is 0 Å². The van der Waals surface area contributed by atoms with Crippen molar-refractivity contribution in [1.82, 2.24) is 0 Å². The summed E-state index contributed by atoms with van der Waals surface area (Å²) < 4.78 is 0. The zero-order chi connectivity index (χ0) is 14.2. The highest BCUT2D eigenvalue weighted by molar-refractivity contribution is 5.15. The average Bonchev–Trinajstić information content (AvgIpc) is 2.48. The fourth-order valence-electron chi connectivity index (χ4n) is 3.00. The summed E-state index contributed by atoms with van der Waals surface area (Å²) in [5, 5.41) is 19.1. The van der Waals surface area contributed by atoms with Gasteiger partial charge in [-0.15, -0.1) is 0 Å². The molecule has 1 aliphatic rings. The molecule has 2 nitrogen and oxygen atoms in total. The van der Waals surface area contributed by atoms with Gasteiger partial charge in [-0.05, 0) is 44.1 Å². The largest absolute Gasteiger partial charge is 0.396 e. The lowest BCUT2D eigenvalue weighted by Gasteiger charge is -2.25. The first-order chi connectivity index (χ1) is 9.79. The number of aliphatic hydroxyl groups is 2. The van der Waals surface area contributed by atoms with Crippen LogP contribution in [0.25, 0.3) is 0 Å². The van der Waals surface area contributed by atoms with Gasteiger partial charge >= 0.3 is 0 Å². The van der Waals surface area contributed by atoms with Gasteiger partial charge in [0.25, 0.3) is 0 Å². The Balaban J connectivity index is 1.67. The number of benzene rings is 1. The van der Waals surface area contributed by atoms with Crippen molar-refractivity contribution < 1.29 is 10.2 Å². The van der Waals surface area contributed by atoms with Crippen LogP contribution in [0.1, 0.15) is 44.1 Å². The van der Waals surface area contributed by atoms with Crippen LogP contribution in [0.4, 0.5) is 0 Å². The third-order valence-corrected chi connectivity index (χ3v) is 4.24. The van der Waals surface area contributed by atoms with E-state index < -0.39 is 0 Å². The summed E-state index contributed by atoms with van der Waals surface area (Å²) in [7, 11) is 0. The third kappa shape index (κ3) is 4.77. The highest BCUT2D eigenvalue weighted by Crippen LogP contribution is 2.28. The molecule has 20 heavy (non-hydrogen) atoms. The summed E-state index contributed by atoms with van der Waals surface area (Å²) in [6.45, 7) is 0.225. The Kier molecular flexibility index (Phi) is 6.28. The van der Waals surface area contributed by atoms with Crippen molar-refractivity contribution in [3.63, 3.8) is 0 Å². The zero-order valence-electron chi connectivity index (χ0n) is 12.2. The van der Waals surface area contributed by atoms with E-state index in [1.54, 1.807) is 0 Å². The lowest BCUT2D eigenvalue weighted by Crippen LogP contribution is -2.20. The Hall–Kier alpha value is -1.12. The van der Waals surface area contributed by atoms with E-state index in [4.69, 9.17) is 0 Å². The summed E-state index contributed by atoms with van der Waals surface area (Å²) in [4.78, 5) is 0. The maximum atomic E-state index is 9.69. The number of aryl methyl sites for hydroxylation is 1. The average molecular weight is 274 g/mol. The maximum Gasteiger partial charge on any atom is 0.0723 e. The second-order valence-corrected chi connectivity index (χ2v) is 5.81. The molecule has 110 valence electrons. The number of hydrogen-bond acceptors (Lipinski definition) is 2. The van der Waals surface area contributed by atoms with E-state index in [1.807, 2.05) is 6.08 Å². The molecule has 0 aliphatic heterocycles. The third-order valence-electron chi connectivity index (χ3n) is 4.24. The van der Waals surface area contributed by atoms with Crippen molar-refractivity contribution in [2.45, 2.75) is 51.0 Å². The number of unbranched alkanes of at least 4 members (excludes halogenated alkanes) is 2. The predicted molar refractivity (Wildman–Crippen MR) is 82.5 cm³/mol. The molecule has 0 aromatic heterocycles. The first kappa shape index (κ1) is 15.3. The maximum absolute atomic E-state index is 9.69. The van der Waals surface area contributed by atoms with Crippen LogP contribution < -0.4 is 0 Å². The van der Waals surface area contributed by atoms with Crippen molar-refractivity contribution in [2.75, 3.05) is 6.61 Å². The minimum atomic E-state index is -0.294. The molecule has 0 bridgehead atoms. The van der Waals surface area contributed by atoms with Crippen LogP contribution in [0.15, 0.2) is 42.0 Å². The Morgan fingerprint density at radius 2 is 1.70 bits per heavy atom. The number of hydrogen-bond donors (Lipinski definition) is 2. The molecule has 2 N–H and O–H groups in total. The molecular weight excluding hydrogens is 248 g/mol. The van der Waals surface area contributed by atoms with E-state index in [9.17, 15) is 10.2 Å². The summed E-state index contributed by atoms with van der Waals surface area (Å²) in [6, 6.07) is 10.6. The summed E-state index contributed by atoms with van der Waals surface area (Å²) >= 11 is 0. The summed E-state index contributed by atoms with van der Waals surface area (Å²) in [6.07, 6.45) is 9.14. The molecule has 1 aromatic carbocycles. The molecule has 0 fully saturated rings. The Bertz CT molecular complexity index is 411. The second-order valence-electron chi connectivity index (χ2n) is 5.81. The van der Waals surface area contributed by atoms with Crippen LogP contribution >= 0.6 is 0 Å². The normalized spacial score (nSPS) is 22.6. The van der Waals surface area contributed by atoms with Crippen LogP contribution in [-0.2, 0) is 6.42 Å². The first-order valence-electron chi connectivity index (χ1n) is 7.83. The van der Waals surface area contributed by atoms with Crippen molar-refractivity contribution in [3.8, 4) is 0 Å². The van der Waals surface area contributed by atoms with E-state index in [1.165, 1.54) is 24.0 Å². The minimum Gasteiger partial charge on any atom is -0.396 e. The van der Waals surface area contributed by atoms with Gasteiger partial charge in [-0.2, -0.15) is 0 Å². The standard InChI is InChI=1S/C18H26O2/c19-14-17-11-12-18(20)13-16(17)10-6-2-5-9-15-7-3-1-4-8-15/h1,3-4,7-8,13,17-20H,2,5-6,9-12,14H2. The molecule has 0 amide bonds. The molecule has 2 rings (SSSR count). The Morgan fingerprint density at radius 1 is 0.950 bits per heavy atom. The summed E-state index contributed by atoms with van der Waals surface area (Å²) in [5.74, 6) is 0.285. The van der Waals surface area contributed by atoms with Gasteiger partial charge < -0.3 is 10.2 Å². The molecule has 0 saturated heterocycles. The fraction of sp³-hybridized carbons (Fsp3) is 0.556. The molecule has 0 heterocycles. The second kappa shape index (κ2) is 8.23. The number of rotatable bonds is 7. The topological polar surface area (TPSA) is 40.5 Å². The quantitative estimate of drug-likeness (QED) is 0.590. The van der Waals surface area contributed by atoms with E-state index in [-0.39, 0.29) is 18.6 Å². The van der Waals surface area contributed by atoms with Crippen LogP contribution in [0.3, 0.4) is 0 Å². The fourth-order valence-corrected chi connectivity index (χ4v) is 3.00. The lowest BCUT2D eigenvalue weighted by molar-refractivity contribution is 0.165. The molecule has 2 unspecified atom stereocenters. The number of aliphatic hydroxyl groups excluding tert-OH is 2. The van der Waals surface area contributed by atoms with Gasteiger partial charge in [-0.25, -0.2) is 0 Å². The molecule has 0 radical (unpaired) electrons. The van der Waals surface area contributed by atoms with E-state index in [0.29, 0.717) is 0 Å². The smallest absolute Gasteiger partial charge is 0.0723 e. The predicted octanol–water partition coefficient (Wildman–Crippen LogP) is 3.48. The Morgan fingerprint density at radius 3 is 2.45 bits per heavy atom. The van der Waals surface area contributed by atoms with Gasteiger partial charge in [-0.1, -0.05) is 48.4 Å². The zero-order valence-corrected chi connectivity index (χ0v) is 12.2.